The van der Waals surface area contributed by atoms with E-state index in [2.05, 4.69) is 20.8 Å². The van der Waals surface area contributed by atoms with E-state index >= 15 is 0 Å². The molecule has 9 nitrogen and oxygen atoms in total. The summed E-state index contributed by atoms with van der Waals surface area (Å²) in [6.45, 7) is 4.75. The fraction of sp³-hybridized carbons (Fsp3) is 0.409. The van der Waals surface area contributed by atoms with E-state index in [1.54, 1.807) is 29.2 Å². The van der Waals surface area contributed by atoms with Crippen LogP contribution in [0.25, 0.3) is 0 Å². The number of fused-ring (bicyclic) bond motifs is 1. The number of carbonyl (C=O) groups is 2. The maximum atomic E-state index is 12.2. The summed E-state index contributed by atoms with van der Waals surface area (Å²) in [6, 6.07) is 11.1. The summed E-state index contributed by atoms with van der Waals surface area (Å²) >= 11 is 0. The first-order chi connectivity index (χ1) is 16.5. The monoisotopic (exact) mass is 500 g/mol. The number of alkyl halides is 3. The van der Waals surface area contributed by atoms with Gasteiger partial charge in [0.2, 0.25) is 0 Å². The number of hydrogen-bond donors (Lipinski definition) is 2. The normalized spacial score (nSPS) is 20.7. The van der Waals surface area contributed by atoms with Crippen LogP contribution in [0.2, 0.25) is 0 Å². The third kappa shape index (κ3) is 7.26. The van der Waals surface area contributed by atoms with E-state index in [9.17, 15) is 27.3 Å². The molecule has 2 saturated heterocycles. The molecule has 35 heavy (non-hydrogen) atoms. The van der Waals surface area contributed by atoms with Gasteiger partial charge in [0, 0.05) is 22.7 Å². The smallest absolute Gasteiger partial charge is 0.344 e. The number of hydrazine groups is 1. The van der Waals surface area contributed by atoms with E-state index in [-0.39, 0.29) is 24.1 Å². The Morgan fingerprint density at radius 3 is 2.40 bits per heavy atom. The van der Waals surface area contributed by atoms with Crippen molar-refractivity contribution >= 4 is 11.9 Å². The topological polar surface area (TPSA) is 102 Å². The fourth-order valence-corrected chi connectivity index (χ4v) is 3.55. The Hall–Kier alpha value is -3.45. The number of nitrogens with one attached hydrogen (secondary N) is 2. The summed E-state index contributed by atoms with van der Waals surface area (Å²) < 4.78 is 58.5. The molecule has 3 amide bonds. The van der Waals surface area contributed by atoms with Crippen molar-refractivity contribution in [3.63, 3.8) is 0 Å². The summed E-state index contributed by atoms with van der Waals surface area (Å²) in [7, 11) is 0. The number of urea groups is 1. The van der Waals surface area contributed by atoms with Crippen molar-refractivity contribution in [1.29, 1.82) is 0 Å². The number of pyridine rings is 1. The number of benzene rings is 1. The molecule has 0 bridgehead atoms. The van der Waals surface area contributed by atoms with Crippen LogP contribution >= 0.6 is 0 Å². The number of piperidine rings is 1. The summed E-state index contributed by atoms with van der Waals surface area (Å²) in [5, 5.41) is 0. The lowest BCUT2D eigenvalue weighted by Gasteiger charge is -2.32. The second kappa shape index (κ2) is 10.9. The average molecular weight is 500 g/mol. The number of rotatable bonds is 2. The minimum absolute atomic E-state index is 0.0213. The predicted molar refractivity (Wildman–Crippen MR) is 113 cm³/mol. The highest BCUT2D eigenvalue weighted by molar-refractivity contribution is 5.95. The van der Waals surface area contributed by atoms with Gasteiger partial charge >= 0.3 is 12.2 Å². The highest BCUT2D eigenvalue weighted by Crippen LogP contribution is 2.33. The highest BCUT2D eigenvalue weighted by Gasteiger charge is 2.45. The number of halogens is 4. The molecule has 3 heterocycles. The van der Waals surface area contributed by atoms with E-state index in [0.717, 1.165) is 18.2 Å². The second-order valence-electron chi connectivity index (χ2n) is 8.13. The predicted octanol–water partition coefficient (Wildman–Crippen LogP) is 3.63. The number of carbonyl (C=O) groups excluding carboxylic acids is 2. The van der Waals surface area contributed by atoms with Crippen molar-refractivity contribution < 1.29 is 41.7 Å². The molecular weight excluding hydrogens is 476 g/mol. The zero-order chi connectivity index (χ0) is 25.6. The van der Waals surface area contributed by atoms with Gasteiger partial charge in [0.1, 0.15) is 11.8 Å². The first-order valence-electron chi connectivity index (χ1n) is 10.6. The van der Waals surface area contributed by atoms with Crippen LogP contribution in [0.15, 0.2) is 48.5 Å². The molecule has 2 fully saturated rings. The average Bonchev–Trinajstić information content (AvgIpc) is 3.15. The van der Waals surface area contributed by atoms with Gasteiger partial charge < -0.3 is 14.4 Å². The van der Waals surface area contributed by atoms with Gasteiger partial charge in [-0.2, -0.15) is 13.2 Å². The Morgan fingerprint density at radius 1 is 1.06 bits per heavy atom. The van der Waals surface area contributed by atoms with Crippen LogP contribution in [-0.4, -0.2) is 52.9 Å². The number of amides is 3. The Labute approximate surface area is 198 Å². The third-order valence-corrected chi connectivity index (χ3v) is 5.07. The van der Waals surface area contributed by atoms with E-state index in [1.165, 1.54) is 0 Å². The lowest BCUT2D eigenvalue weighted by Crippen LogP contribution is -2.54. The molecule has 0 spiro atoms. The molecule has 1 aromatic heterocycles. The van der Waals surface area contributed by atoms with Gasteiger partial charge in [-0.25, -0.2) is 15.2 Å². The zero-order valence-corrected chi connectivity index (χ0v) is 18.8. The molecule has 0 saturated carbocycles. The van der Waals surface area contributed by atoms with E-state index < -0.39 is 23.5 Å². The summed E-state index contributed by atoms with van der Waals surface area (Å²) in [4.78, 5) is 31.6. The van der Waals surface area contributed by atoms with Crippen LogP contribution in [0, 0.1) is 0 Å². The Morgan fingerprint density at radius 2 is 1.74 bits per heavy atom. The summed E-state index contributed by atoms with van der Waals surface area (Å²) in [5.74, 6) is -1.66. The van der Waals surface area contributed by atoms with E-state index in [4.69, 9.17) is 9.47 Å². The van der Waals surface area contributed by atoms with Crippen LogP contribution < -0.4 is 15.8 Å². The molecule has 13 heteroatoms. The molecule has 190 valence electrons. The lowest BCUT2D eigenvalue weighted by atomic mass is 10.1. The van der Waals surface area contributed by atoms with Crippen molar-refractivity contribution in [3.8, 4) is 5.88 Å². The summed E-state index contributed by atoms with van der Waals surface area (Å²) in [5.41, 5.74) is 4.17. The van der Waals surface area contributed by atoms with Crippen molar-refractivity contribution in [2.75, 3.05) is 13.1 Å². The van der Waals surface area contributed by atoms with Gasteiger partial charge in [-0.1, -0.05) is 24.3 Å². The number of likely N-dealkylation sites (tertiary alicyclic amines) is 1. The maximum Gasteiger partial charge on any atom is 0.433 e. The first-order valence-corrected chi connectivity index (χ1v) is 10.6. The molecule has 2 N–H and O–H groups in total. The Bertz CT molecular complexity index is 1020. The van der Waals surface area contributed by atoms with Gasteiger partial charge in [-0.15, -0.1) is 0 Å². The van der Waals surface area contributed by atoms with Crippen molar-refractivity contribution in [2.45, 2.75) is 44.4 Å². The summed E-state index contributed by atoms with van der Waals surface area (Å²) in [6.07, 6.45) is -3.97. The second-order valence-corrected chi connectivity index (χ2v) is 8.13. The zero-order valence-electron chi connectivity index (χ0n) is 18.8. The van der Waals surface area contributed by atoms with Crippen LogP contribution in [0.3, 0.4) is 0 Å². The van der Waals surface area contributed by atoms with Gasteiger partial charge in [0.15, 0.2) is 5.79 Å². The number of hydrogen-bond acceptors (Lipinski definition) is 6. The van der Waals surface area contributed by atoms with Crippen LogP contribution in [0.4, 0.5) is 22.5 Å². The van der Waals surface area contributed by atoms with Crippen molar-refractivity contribution in [1.82, 2.24) is 20.7 Å². The molecule has 2 unspecified atom stereocenters. The van der Waals surface area contributed by atoms with Crippen molar-refractivity contribution in [3.05, 3.63) is 59.8 Å². The van der Waals surface area contributed by atoms with E-state index in [1.807, 2.05) is 19.9 Å². The molecule has 0 radical (unpaired) electrons. The SMILES string of the molecule is CC1(C)OC2CCN(C(=O)NNC(=O)c3ccccc3)CC2O1.FOc1cccc(C(F)(F)F)n1. The van der Waals surface area contributed by atoms with Gasteiger partial charge in [-0.05, 0) is 38.5 Å². The Balaban J connectivity index is 0.000000241. The van der Waals surface area contributed by atoms with Crippen LogP contribution in [-0.2, 0) is 15.7 Å². The fourth-order valence-electron chi connectivity index (χ4n) is 3.55. The lowest BCUT2D eigenvalue weighted by molar-refractivity contribution is -0.145. The largest absolute Gasteiger partial charge is 0.433 e. The molecule has 2 aliphatic heterocycles. The number of aromatic nitrogens is 1. The molecule has 2 aromatic rings. The van der Waals surface area contributed by atoms with Crippen LogP contribution in [0.5, 0.6) is 5.88 Å². The van der Waals surface area contributed by atoms with Crippen LogP contribution in [0.1, 0.15) is 36.3 Å². The standard InChI is InChI=1S/C16H21N3O4.C6H3F4NO/c1-16(2)22-12-8-9-19(10-13(12)23-16)15(21)18-17-14(20)11-6-4-3-5-7-11;7-6(8,9)4-2-1-3-5(11-4)12-10/h3-7,12-13H,8-10H2,1-2H3,(H,17,20)(H,18,21);1-3H. The van der Waals surface area contributed by atoms with E-state index in [0.29, 0.717) is 25.1 Å². The molecule has 2 aliphatic rings. The van der Waals surface area contributed by atoms with Gasteiger partial charge in [-0.3, -0.25) is 15.2 Å². The Kier molecular flexibility index (Phi) is 8.12. The minimum Gasteiger partial charge on any atom is -0.344 e. The molecule has 1 aromatic carbocycles. The molecule has 0 aliphatic carbocycles. The number of ether oxygens (including phenoxy) is 2. The molecular formula is C22H24F4N4O5. The van der Waals surface area contributed by atoms with Gasteiger partial charge in [0.05, 0.1) is 12.6 Å². The van der Waals surface area contributed by atoms with Crippen molar-refractivity contribution in [2.24, 2.45) is 0 Å². The third-order valence-electron chi connectivity index (χ3n) is 5.07. The van der Waals surface area contributed by atoms with Gasteiger partial charge in [0.25, 0.3) is 11.8 Å². The molecule has 4 rings (SSSR count). The highest BCUT2D eigenvalue weighted by atomic mass is 19.4. The quantitative estimate of drug-likeness (QED) is 0.483. The molecule has 2 atom stereocenters. The maximum absolute atomic E-state index is 12.2. The minimum atomic E-state index is -4.57. The first kappa shape index (κ1) is 26.2. The number of nitrogens with zero attached hydrogens (tertiary/aromatic N) is 2.